The number of nitrogens with zero attached hydrogens (tertiary/aromatic N) is 2. The van der Waals surface area contributed by atoms with Gasteiger partial charge in [0.15, 0.2) is 0 Å². The number of ether oxygens (including phenoxy) is 4. The van der Waals surface area contributed by atoms with E-state index < -0.39 is 29.3 Å². The van der Waals surface area contributed by atoms with Crippen LogP contribution in [0.15, 0.2) is 54.6 Å². The number of carbonyl (C=O) groups excluding carboxylic acids is 2. The zero-order valence-corrected chi connectivity index (χ0v) is 23.2. The average Bonchev–Trinajstić information content (AvgIpc) is 3.26. The summed E-state index contributed by atoms with van der Waals surface area (Å²) in [7, 11) is 0. The number of aromatic nitrogens is 2. The molecule has 0 saturated carbocycles. The Morgan fingerprint density at radius 2 is 1.76 bits per heavy atom. The van der Waals surface area contributed by atoms with Crippen molar-refractivity contribution in [3.05, 3.63) is 65.7 Å². The molecule has 0 radical (unpaired) electrons. The van der Waals surface area contributed by atoms with E-state index in [2.05, 4.69) is 10.4 Å². The molecule has 0 atom stereocenters. The minimum atomic E-state index is -4.47. The summed E-state index contributed by atoms with van der Waals surface area (Å²) >= 11 is 0. The van der Waals surface area contributed by atoms with E-state index in [0.29, 0.717) is 11.3 Å². The zero-order chi connectivity index (χ0) is 29.8. The van der Waals surface area contributed by atoms with Crippen molar-refractivity contribution in [2.75, 3.05) is 26.4 Å². The van der Waals surface area contributed by atoms with E-state index in [4.69, 9.17) is 18.9 Å². The minimum absolute atomic E-state index is 0.0695. The monoisotopic (exact) mass is 575 g/mol. The van der Waals surface area contributed by atoms with Gasteiger partial charge in [-0.3, -0.25) is 4.79 Å². The van der Waals surface area contributed by atoms with Crippen LogP contribution >= 0.6 is 0 Å². The lowest BCUT2D eigenvalue weighted by Crippen LogP contribution is -2.59. The molecule has 2 aromatic carbocycles. The zero-order valence-electron chi connectivity index (χ0n) is 23.2. The largest absolute Gasteiger partial charge is 0.465 e. The summed E-state index contributed by atoms with van der Waals surface area (Å²) in [6.07, 6.45) is -5.04. The molecule has 2 heterocycles. The molecular weight excluding hydrogens is 543 g/mol. The van der Waals surface area contributed by atoms with E-state index in [0.717, 1.165) is 17.7 Å². The van der Waals surface area contributed by atoms with Crippen molar-refractivity contribution in [3.8, 4) is 22.9 Å². The number of nitrogens with one attached hydrogen (secondary N) is 1. The Bertz CT molecular complexity index is 1380. The first kappa shape index (κ1) is 29.9. The quantitative estimate of drug-likeness (QED) is 0.316. The molecule has 0 aliphatic carbocycles. The average molecular weight is 576 g/mol. The molecule has 3 aromatic rings. The lowest BCUT2D eigenvalue weighted by atomic mass is 9.87. The van der Waals surface area contributed by atoms with E-state index in [-0.39, 0.29) is 50.0 Å². The molecular formula is C29H32F3N3O6. The first-order valence-electron chi connectivity index (χ1n) is 13.0. The van der Waals surface area contributed by atoms with Gasteiger partial charge in [0, 0.05) is 11.6 Å². The van der Waals surface area contributed by atoms with Gasteiger partial charge in [-0.25, -0.2) is 9.48 Å². The third-order valence-corrected chi connectivity index (χ3v) is 6.13. The van der Waals surface area contributed by atoms with Gasteiger partial charge in [-0.05, 0) is 48.2 Å². The summed E-state index contributed by atoms with van der Waals surface area (Å²) in [4.78, 5) is 24.9. The van der Waals surface area contributed by atoms with Crippen molar-refractivity contribution in [2.24, 2.45) is 5.41 Å². The molecule has 0 bridgehead atoms. The van der Waals surface area contributed by atoms with Crippen LogP contribution in [0.25, 0.3) is 11.3 Å². The van der Waals surface area contributed by atoms with Gasteiger partial charge in [0.25, 0.3) is 0 Å². The molecule has 4 rings (SSSR count). The van der Waals surface area contributed by atoms with Gasteiger partial charge in [0.2, 0.25) is 5.88 Å². The van der Waals surface area contributed by atoms with Crippen molar-refractivity contribution in [2.45, 2.75) is 46.0 Å². The summed E-state index contributed by atoms with van der Waals surface area (Å²) in [6, 6.07) is 13.1. The lowest BCUT2D eigenvalue weighted by Gasteiger charge is -2.42. The second kappa shape index (κ2) is 11.8. The lowest BCUT2D eigenvalue weighted by molar-refractivity contribution is -0.144. The molecule has 1 N–H and O–H groups in total. The Kier molecular flexibility index (Phi) is 8.62. The van der Waals surface area contributed by atoms with Gasteiger partial charge in [0.1, 0.15) is 17.8 Å². The standard InChI is InChI=1S/C29H32F3N3O6/c1-5-39-25(36)15-35-23(14-24(34-35)41-22-11-9-20(10-12-22)29(30,31)32)19-7-6-8-21(13-19)28(17-38-18-28)33-26(37)40-16-27(2,3)4/h6-14H,5,15-18H2,1-4H3,(H,33,37). The number of esters is 1. The van der Waals surface area contributed by atoms with Gasteiger partial charge in [-0.1, -0.05) is 39.0 Å². The fourth-order valence-corrected chi connectivity index (χ4v) is 4.06. The van der Waals surface area contributed by atoms with Crippen LogP contribution in [-0.2, 0) is 37.3 Å². The van der Waals surface area contributed by atoms with E-state index in [1.807, 2.05) is 32.9 Å². The van der Waals surface area contributed by atoms with E-state index >= 15 is 0 Å². The van der Waals surface area contributed by atoms with E-state index in [1.165, 1.54) is 16.8 Å². The van der Waals surface area contributed by atoms with Gasteiger partial charge >= 0.3 is 18.2 Å². The highest BCUT2D eigenvalue weighted by atomic mass is 19.4. The summed E-state index contributed by atoms with van der Waals surface area (Å²) < 4.78 is 61.9. The highest BCUT2D eigenvalue weighted by molar-refractivity contribution is 5.72. The Morgan fingerprint density at radius 3 is 2.34 bits per heavy atom. The van der Waals surface area contributed by atoms with Crippen LogP contribution in [0.5, 0.6) is 11.6 Å². The molecule has 1 aromatic heterocycles. The maximum absolute atomic E-state index is 12.9. The molecule has 12 heteroatoms. The Hall–Kier alpha value is -4.06. The maximum Gasteiger partial charge on any atom is 0.416 e. The van der Waals surface area contributed by atoms with Crippen molar-refractivity contribution >= 4 is 12.1 Å². The summed E-state index contributed by atoms with van der Waals surface area (Å²) in [6.45, 7) is 8.24. The first-order valence-corrected chi connectivity index (χ1v) is 13.0. The normalized spacial score (nSPS) is 14.6. The van der Waals surface area contributed by atoms with Crippen molar-refractivity contribution in [1.29, 1.82) is 0 Å². The topological polar surface area (TPSA) is 101 Å². The van der Waals surface area contributed by atoms with Crippen LogP contribution in [-0.4, -0.2) is 48.3 Å². The van der Waals surface area contributed by atoms with Crippen molar-refractivity contribution in [1.82, 2.24) is 15.1 Å². The second-order valence-corrected chi connectivity index (χ2v) is 10.9. The molecule has 1 aliphatic rings. The fraction of sp³-hybridized carbons (Fsp3) is 0.414. The first-order chi connectivity index (χ1) is 19.3. The van der Waals surface area contributed by atoms with Gasteiger partial charge < -0.3 is 24.3 Å². The van der Waals surface area contributed by atoms with Crippen LogP contribution in [0.1, 0.15) is 38.8 Å². The molecule has 1 saturated heterocycles. The third kappa shape index (κ3) is 7.57. The Balaban J connectivity index is 1.61. The van der Waals surface area contributed by atoms with Crippen LogP contribution in [0.4, 0.5) is 18.0 Å². The molecule has 9 nitrogen and oxygen atoms in total. The molecule has 0 spiro atoms. The smallest absolute Gasteiger partial charge is 0.416 e. The predicted molar refractivity (Wildman–Crippen MR) is 142 cm³/mol. The number of alkyl halides is 3. The molecule has 41 heavy (non-hydrogen) atoms. The number of alkyl carbamates (subject to hydrolysis) is 1. The van der Waals surface area contributed by atoms with Gasteiger partial charge in [0.05, 0.1) is 37.7 Å². The number of halogens is 3. The number of amides is 1. The Labute approximate surface area is 235 Å². The van der Waals surface area contributed by atoms with Crippen LogP contribution in [0.3, 0.4) is 0 Å². The number of rotatable bonds is 9. The molecule has 220 valence electrons. The molecule has 0 unspecified atom stereocenters. The molecule has 1 amide bonds. The summed E-state index contributed by atoms with van der Waals surface area (Å²) in [5, 5.41) is 7.28. The molecule has 1 fully saturated rings. The predicted octanol–water partition coefficient (Wildman–Crippen LogP) is 5.92. The number of hydrogen-bond acceptors (Lipinski definition) is 7. The van der Waals surface area contributed by atoms with Gasteiger partial charge in [-0.2, -0.15) is 13.2 Å². The van der Waals surface area contributed by atoms with Crippen LogP contribution < -0.4 is 10.1 Å². The van der Waals surface area contributed by atoms with Crippen LogP contribution in [0.2, 0.25) is 0 Å². The number of carbonyl (C=O) groups is 2. The maximum atomic E-state index is 12.9. The second-order valence-electron chi connectivity index (χ2n) is 10.9. The fourth-order valence-electron chi connectivity index (χ4n) is 4.06. The highest BCUT2D eigenvalue weighted by Gasteiger charge is 2.42. The van der Waals surface area contributed by atoms with Crippen molar-refractivity contribution < 1.29 is 41.7 Å². The number of hydrogen-bond donors (Lipinski definition) is 1. The molecule has 1 aliphatic heterocycles. The van der Waals surface area contributed by atoms with Crippen LogP contribution in [0, 0.1) is 5.41 Å². The van der Waals surface area contributed by atoms with Crippen molar-refractivity contribution in [3.63, 3.8) is 0 Å². The minimum Gasteiger partial charge on any atom is -0.465 e. The van der Waals surface area contributed by atoms with E-state index in [1.54, 1.807) is 25.1 Å². The SMILES string of the molecule is CCOC(=O)Cn1nc(Oc2ccc(C(F)(F)F)cc2)cc1-c1cccc(C2(NC(=O)OCC(C)(C)C)COC2)c1. The van der Waals surface area contributed by atoms with Gasteiger partial charge in [-0.15, -0.1) is 5.10 Å². The summed E-state index contributed by atoms with van der Waals surface area (Å²) in [5.41, 5.74) is 0.0856. The van der Waals surface area contributed by atoms with E-state index in [9.17, 15) is 22.8 Å². The number of benzene rings is 2. The third-order valence-electron chi connectivity index (χ3n) is 6.13. The highest BCUT2D eigenvalue weighted by Crippen LogP contribution is 2.35. The summed E-state index contributed by atoms with van der Waals surface area (Å²) in [5.74, 6) is -0.316. The Morgan fingerprint density at radius 1 is 1.05 bits per heavy atom.